The molecule has 26 heavy (non-hydrogen) atoms. The Morgan fingerprint density at radius 2 is 1.88 bits per heavy atom. The summed E-state index contributed by atoms with van der Waals surface area (Å²) in [6, 6.07) is 7.48. The molecule has 0 aromatic heterocycles. The van der Waals surface area contributed by atoms with Gasteiger partial charge in [-0.15, -0.1) is 24.0 Å². The van der Waals surface area contributed by atoms with Gasteiger partial charge in [0, 0.05) is 19.3 Å². The molecule has 2 N–H and O–H groups in total. The van der Waals surface area contributed by atoms with Gasteiger partial charge in [-0.25, -0.2) is 13.4 Å². The Morgan fingerprint density at radius 3 is 2.46 bits per heavy atom. The highest BCUT2D eigenvalue weighted by atomic mass is 127. The molecule has 0 fully saturated rings. The van der Waals surface area contributed by atoms with Gasteiger partial charge in [0.05, 0.1) is 19.4 Å². The normalized spacial score (nSPS) is 12.7. The van der Waals surface area contributed by atoms with Crippen LogP contribution in [-0.2, 0) is 9.84 Å². The summed E-state index contributed by atoms with van der Waals surface area (Å²) in [5.41, 5.74) is 0. The van der Waals surface area contributed by atoms with E-state index in [-0.39, 0.29) is 35.8 Å². The van der Waals surface area contributed by atoms with Crippen molar-refractivity contribution in [1.29, 1.82) is 0 Å². The monoisotopic (exact) mass is 499 g/mol. The molecule has 0 aliphatic carbocycles. The number of benzene rings is 1. The van der Waals surface area contributed by atoms with Gasteiger partial charge in [-0.1, -0.05) is 12.1 Å². The molecule has 0 heterocycles. The Hall–Kier alpha value is -1.23. The number of hydrogen-bond acceptors (Lipinski definition) is 5. The third-order valence-electron chi connectivity index (χ3n) is 3.23. The number of aliphatic imine (C=N–C) groups is 1. The second-order valence-electron chi connectivity index (χ2n) is 5.71. The van der Waals surface area contributed by atoms with Gasteiger partial charge in [0.2, 0.25) is 0 Å². The summed E-state index contributed by atoms with van der Waals surface area (Å²) in [6.45, 7) is 5.63. The largest absolute Gasteiger partial charge is 0.493 e. The van der Waals surface area contributed by atoms with Crippen LogP contribution in [0.1, 0.15) is 20.3 Å². The third-order valence-corrected chi connectivity index (χ3v) is 4.26. The molecular weight excluding hydrogens is 469 g/mol. The lowest BCUT2D eigenvalue weighted by Gasteiger charge is -2.16. The van der Waals surface area contributed by atoms with Crippen LogP contribution in [0, 0.1) is 0 Å². The first-order chi connectivity index (χ1) is 11.9. The number of guanidine groups is 1. The number of ether oxygens (including phenoxy) is 2. The molecule has 0 amide bonds. The molecule has 0 saturated carbocycles. The average molecular weight is 499 g/mol. The molecule has 9 heteroatoms. The highest BCUT2D eigenvalue weighted by Crippen LogP contribution is 2.26. The van der Waals surface area contributed by atoms with E-state index in [1.54, 1.807) is 7.11 Å². The van der Waals surface area contributed by atoms with Gasteiger partial charge in [-0.3, -0.25) is 0 Å². The van der Waals surface area contributed by atoms with Crippen molar-refractivity contribution < 1.29 is 17.9 Å². The fraction of sp³-hybridized carbons (Fsp3) is 0.588. The molecule has 0 radical (unpaired) electrons. The molecule has 1 atom stereocenters. The number of halogens is 1. The molecule has 7 nitrogen and oxygen atoms in total. The third kappa shape index (κ3) is 10.7. The smallest absolute Gasteiger partial charge is 0.191 e. The number of para-hydroxylation sites is 2. The highest BCUT2D eigenvalue weighted by Gasteiger charge is 2.09. The molecule has 0 bridgehead atoms. The summed E-state index contributed by atoms with van der Waals surface area (Å²) in [4.78, 5) is 4.48. The second kappa shape index (κ2) is 13.0. The van der Waals surface area contributed by atoms with Gasteiger partial charge >= 0.3 is 0 Å². The average Bonchev–Trinajstić information content (AvgIpc) is 2.56. The number of nitrogens with one attached hydrogen (secondary N) is 2. The quantitative estimate of drug-likeness (QED) is 0.222. The van der Waals surface area contributed by atoms with E-state index in [1.165, 1.54) is 6.26 Å². The van der Waals surface area contributed by atoms with Crippen LogP contribution in [0.2, 0.25) is 0 Å². The molecule has 150 valence electrons. The number of rotatable bonds is 10. The maximum Gasteiger partial charge on any atom is 0.191 e. The number of methoxy groups -OCH3 is 1. The van der Waals surface area contributed by atoms with Crippen LogP contribution in [0.15, 0.2) is 29.3 Å². The summed E-state index contributed by atoms with van der Waals surface area (Å²) >= 11 is 0. The van der Waals surface area contributed by atoms with Crippen LogP contribution in [0.5, 0.6) is 11.5 Å². The molecular formula is C17H30IN3O4S. The maximum atomic E-state index is 11.1. The van der Waals surface area contributed by atoms with Crippen molar-refractivity contribution in [2.75, 3.05) is 38.8 Å². The Balaban J connectivity index is 0.00000625. The molecule has 0 aliphatic heterocycles. The minimum Gasteiger partial charge on any atom is -0.493 e. The summed E-state index contributed by atoms with van der Waals surface area (Å²) in [5, 5.41) is 6.26. The molecule has 0 aliphatic rings. The van der Waals surface area contributed by atoms with Gasteiger partial charge in [0.1, 0.15) is 15.9 Å². The van der Waals surface area contributed by atoms with Crippen molar-refractivity contribution in [3.63, 3.8) is 0 Å². The minimum atomic E-state index is -2.93. The molecule has 0 saturated heterocycles. The Labute approximate surface area is 173 Å². The van der Waals surface area contributed by atoms with Gasteiger partial charge < -0.3 is 20.1 Å². The summed E-state index contributed by atoms with van der Waals surface area (Å²) in [7, 11) is -1.33. The van der Waals surface area contributed by atoms with Gasteiger partial charge in [0.15, 0.2) is 17.5 Å². The van der Waals surface area contributed by atoms with Crippen LogP contribution in [-0.4, -0.2) is 59.2 Å². The van der Waals surface area contributed by atoms with Crippen molar-refractivity contribution in [2.45, 2.75) is 26.4 Å². The molecule has 1 unspecified atom stereocenters. The van der Waals surface area contributed by atoms with Crippen LogP contribution in [0.25, 0.3) is 0 Å². The van der Waals surface area contributed by atoms with Crippen LogP contribution in [0.4, 0.5) is 0 Å². The van der Waals surface area contributed by atoms with Crippen LogP contribution < -0.4 is 20.1 Å². The SMILES string of the molecule is CCNC(=NCC(C)Oc1ccccc1OC)NCCCS(C)(=O)=O.I. The van der Waals surface area contributed by atoms with Crippen molar-refractivity contribution in [3.8, 4) is 11.5 Å². The lowest BCUT2D eigenvalue weighted by atomic mass is 10.3. The minimum absolute atomic E-state index is 0. The van der Waals surface area contributed by atoms with E-state index in [0.717, 1.165) is 6.54 Å². The zero-order chi connectivity index (χ0) is 18.7. The highest BCUT2D eigenvalue weighted by molar-refractivity contribution is 14.0. The lowest BCUT2D eigenvalue weighted by Crippen LogP contribution is -2.39. The number of sulfone groups is 1. The lowest BCUT2D eigenvalue weighted by molar-refractivity contribution is 0.219. The molecule has 0 spiro atoms. The predicted octanol–water partition coefficient (Wildman–Crippen LogP) is 2.07. The van der Waals surface area contributed by atoms with E-state index < -0.39 is 9.84 Å². The Bertz CT molecular complexity index is 653. The first kappa shape index (κ1) is 24.8. The van der Waals surface area contributed by atoms with E-state index in [0.29, 0.717) is 37.0 Å². The van der Waals surface area contributed by atoms with E-state index in [9.17, 15) is 8.42 Å². The van der Waals surface area contributed by atoms with E-state index in [1.807, 2.05) is 38.1 Å². The number of nitrogens with zero attached hydrogens (tertiary/aromatic N) is 1. The molecule has 1 aromatic rings. The van der Waals surface area contributed by atoms with Crippen LogP contribution >= 0.6 is 24.0 Å². The summed E-state index contributed by atoms with van der Waals surface area (Å²) in [5.74, 6) is 2.17. The fourth-order valence-corrected chi connectivity index (χ4v) is 2.74. The first-order valence-corrected chi connectivity index (χ1v) is 10.4. The zero-order valence-corrected chi connectivity index (χ0v) is 19.0. The van der Waals surface area contributed by atoms with Crippen molar-refractivity contribution in [1.82, 2.24) is 10.6 Å². The predicted molar refractivity (Wildman–Crippen MR) is 117 cm³/mol. The number of hydrogen-bond donors (Lipinski definition) is 2. The summed E-state index contributed by atoms with van der Waals surface area (Å²) < 4.78 is 33.4. The summed E-state index contributed by atoms with van der Waals surface area (Å²) in [6.07, 6.45) is 1.64. The fourth-order valence-electron chi connectivity index (χ4n) is 2.07. The zero-order valence-electron chi connectivity index (χ0n) is 15.8. The molecule has 1 rings (SSSR count). The Kier molecular flexibility index (Phi) is 12.4. The van der Waals surface area contributed by atoms with Gasteiger partial charge in [0.25, 0.3) is 0 Å². The van der Waals surface area contributed by atoms with E-state index in [2.05, 4.69) is 15.6 Å². The molecule has 1 aromatic carbocycles. The topological polar surface area (TPSA) is 89.0 Å². The van der Waals surface area contributed by atoms with E-state index in [4.69, 9.17) is 9.47 Å². The van der Waals surface area contributed by atoms with Crippen molar-refractivity contribution in [2.24, 2.45) is 4.99 Å². The Morgan fingerprint density at radius 1 is 1.23 bits per heavy atom. The van der Waals surface area contributed by atoms with Crippen molar-refractivity contribution in [3.05, 3.63) is 24.3 Å². The standard InChI is InChI=1S/C17H29N3O4S.HI/c1-5-18-17(19-11-8-12-25(4,21)22)20-13-14(2)24-16-10-7-6-9-15(16)23-3;/h6-7,9-10,14H,5,8,11-13H2,1-4H3,(H2,18,19,20);1H. The van der Waals surface area contributed by atoms with Gasteiger partial charge in [-0.2, -0.15) is 0 Å². The first-order valence-electron chi connectivity index (χ1n) is 8.35. The maximum absolute atomic E-state index is 11.1. The van der Waals surface area contributed by atoms with Crippen molar-refractivity contribution >= 4 is 39.8 Å². The van der Waals surface area contributed by atoms with Crippen LogP contribution in [0.3, 0.4) is 0 Å². The van der Waals surface area contributed by atoms with E-state index >= 15 is 0 Å². The second-order valence-corrected chi connectivity index (χ2v) is 7.97. The van der Waals surface area contributed by atoms with Gasteiger partial charge in [-0.05, 0) is 32.4 Å².